The number of carbonyl (C=O) groups excluding carboxylic acids is 2. The number of benzene rings is 3. The van der Waals surface area contributed by atoms with E-state index < -0.39 is 11.9 Å². The molecule has 0 aliphatic rings. The van der Waals surface area contributed by atoms with Crippen molar-refractivity contribution in [1.29, 1.82) is 0 Å². The molecule has 0 saturated heterocycles. The number of carbonyl (C=O) groups is 2. The Bertz CT molecular complexity index is 974. The predicted octanol–water partition coefficient (Wildman–Crippen LogP) is 4.00. The topological polar surface area (TPSA) is 85.9 Å². The van der Waals surface area contributed by atoms with Crippen LogP contribution in [0.3, 0.4) is 0 Å². The summed E-state index contributed by atoms with van der Waals surface area (Å²) in [6.07, 6.45) is 0. The summed E-state index contributed by atoms with van der Waals surface area (Å²) in [6, 6.07) is 23.0. The van der Waals surface area contributed by atoms with Gasteiger partial charge in [0.15, 0.2) is 18.1 Å². The molecule has 0 aromatic heterocycles. The van der Waals surface area contributed by atoms with E-state index in [1.54, 1.807) is 48.5 Å². The van der Waals surface area contributed by atoms with Crippen LogP contribution in [0.25, 0.3) is 0 Å². The standard InChI is InChI=1S/C23H22N2O5/c1-28-20-9-5-6-10-21(20)30-16-22(26)25-23(27)24-18-11-13-19(14-12-18)29-15-17-7-3-2-4-8-17/h2-14H,15-16H2,1H3,(H2,24,25,26,27). The third-order valence-corrected chi connectivity index (χ3v) is 4.04. The Morgan fingerprint density at radius 3 is 2.17 bits per heavy atom. The van der Waals surface area contributed by atoms with Gasteiger partial charge in [-0.05, 0) is 42.0 Å². The SMILES string of the molecule is COc1ccccc1OCC(=O)NC(=O)Nc1ccc(OCc2ccccc2)cc1. The van der Waals surface area contributed by atoms with Gasteiger partial charge in [-0.15, -0.1) is 0 Å². The fraction of sp³-hybridized carbons (Fsp3) is 0.130. The van der Waals surface area contributed by atoms with Crippen LogP contribution in [0.2, 0.25) is 0 Å². The molecule has 3 aromatic rings. The lowest BCUT2D eigenvalue weighted by Crippen LogP contribution is -2.37. The van der Waals surface area contributed by atoms with Crippen LogP contribution in [-0.2, 0) is 11.4 Å². The van der Waals surface area contributed by atoms with E-state index in [9.17, 15) is 9.59 Å². The smallest absolute Gasteiger partial charge is 0.325 e. The first kappa shape index (κ1) is 20.7. The van der Waals surface area contributed by atoms with Crippen LogP contribution in [0.1, 0.15) is 5.56 Å². The molecule has 3 rings (SSSR count). The second kappa shape index (κ2) is 10.5. The molecule has 7 heteroatoms. The zero-order valence-electron chi connectivity index (χ0n) is 16.5. The highest BCUT2D eigenvalue weighted by Gasteiger charge is 2.10. The molecule has 0 bridgehead atoms. The third kappa shape index (κ3) is 6.27. The van der Waals surface area contributed by atoms with Gasteiger partial charge in [0.05, 0.1) is 7.11 Å². The van der Waals surface area contributed by atoms with Crippen LogP contribution >= 0.6 is 0 Å². The second-order valence-corrected chi connectivity index (χ2v) is 6.24. The average molecular weight is 406 g/mol. The van der Waals surface area contributed by atoms with Gasteiger partial charge in [0.1, 0.15) is 12.4 Å². The van der Waals surface area contributed by atoms with E-state index in [4.69, 9.17) is 14.2 Å². The van der Waals surface area contributed by atoms with E-state index in [1.165, 1.54) is 7.11 Å². The molecule has 0 unspecified atom stereocenters. The molecule has 0 atom stereocenters. The predicted molar refractivity (Wildman–Crippen MR) is 113 cm³/mol. The Kier molecular flexibility index (Phi) is 7.27. The lowest BCUT2D eigenvalue weighted by molar-refractivity contribution is -0.121. The van der Waals surface area contributed by atoms with Gasteiger partial charge < -0.3 is 19.5 Å². The summed E-state index contributed by atoms with van der Waals surface area (Å²) >= 11 is 0. The summed E-state index contributed by atoms with van der Waals surface area (Å²) in [5.74, 6) is 1.01. The molecular weight excluding hydrogens is 384 g/mol. The van der Waals surface area contributed by atoms with E-state index >= 15 is 0 Å². The molecule has 0 fully saturated rings. The molecule has 30 heavy (non-hydrogen) atoms. The summed E-state index contributed by atoms with van der Waals surface area (Å²) in [6.45, 7) is 0.134. The Labute approximate surface area is 174 Å². The van der Waals surface area contributed by atoms with Crippen molar-refractivity contribution in [2.24, 2.45) is 0 Å². The van der Waals surface area contributed by atoms with Gasteiger partial charge in [0, 0.05) is 5.69 Å². The fourth-order valence-electron chi connectivity index (χ4n) is 2.58. The second-order valence-electron chi connectivity index (χ2n) is 6.24. The number of nitrogens with one attached hydrogen (secondary N) is 2. The summed E-state index contributed by atoms with van der Waals surface area (Å²) in [5, 5.41) is 4.80. The first-order valence-electron chi connectivity index (χ1n) is 9.27. The summed E-state index contributed by atoms with van der Waals surface area (Å²) in [5.41, 5.74) is 1.59. The molecule has 0 spiro atoms. The van der Waals surface area contributed by atoms with E-state index in [-0.39, 0.29) is 6.61 Å². The normalized spacial score (nSPS) is 10.0. The number of hydrogen-bond donors (Lipinski definition) is 2. The summed E-state index contributed by atoms with van der Waals surface area (Å²) in [7, 11) is 1.51. The molecular formula is C23H22N2O5. The van der Waals surface area contributed by atoms with Crippen molar-refractivity contribution in [3.05, 3.63) is 84.4 Å². The molecule has 154 valence electrons. The summed E-state index contributed by atoms with van der Waals surface area (Å²) < 4.78 is 16.2. The van der Waals surface area contributed by atoms with Gasteiger partial charge in [0.25, 0.3) is 5.91 Å². The van der Waals surface area contributed by atoms with Crippen LogP contribution in [0, 0.1) is 0 Å². The monoisotopic (exact) mass is 406 g/mol. The number of anilines is 1. The molecule has 3 amide bonds. The Morgan fingerprint density at radius 1 is 0.800 bits per heavy atom. The maximum atomic E-state index is 12.0. The highest BCUT2D eigenvalue weighted by atomic mass is 16.5. The number of methoxy groups -OCH3 is 1. The minimum Gasteiger partial charge on any atom is -0.493 e. The van der Waals surface area contributed by atoms with Crippen molar-refractivity contribution in [1.82, 2.24) is 5.32 Å². The number of ether oxygens (including phenoxy) is 3. The molecule has 2 N–H and O–H groups in total. The quantitative estimate of drug-likeness (QED) is 0.591. The van der Waals surface area contributed by atoms with Crippen molar-refractivity contribution in [2.75, 3.05) is 19.0 Å². The van der Waals surface area contributed by atoms with Gasteiger partial charge in [-0.25, -0.2) is 4.79 Å². The van der Waals surface area contributed by atoms with Crippen molar-refractivity contribution in [2.45, 2.75) is 6.61 Å². The Morgan fingerprint density at radius 2 is 1.47 bits per heavy atom. The molecule has 0 saturated carbocycles. The lowest BCUT2D eigenvalue weighted by atomic mass is 10.2. The minimum atomic E-state index is -0.651. The molecule has 3 aromatic carbocycles. The Balaban J connectivity index is 1.43. The van der Waals surface area contributed by atoms with Gasteiger partial charge >= 0.3 is 6.03 Å². The lowest BCUT2D eigenvalue weighted by Gasteiger charge is -2.11. The molecule has 0 heterocycles. The largest absolute Gasteiger partial charge is 0.493 e. The zero-order chi connectivity index (χ0) is 21.2. The number of imide groups is 1. The fourth-order valence-corrected chi connectivity index (χ4v) is 2.58. The van der Waals surface area contributed by atoms with Crippen LogP contribution in [0.15, 0.2) is 78.9 Å². The molecule has 0 radical (unpaired) electrons. The van der Waals surface area contributed by atoms with Crippen LogP contribution in [-0.4, -0.2) is 25.7 Å². The number of urea groups is 1. The van der Waals surface area contributed by atoms with Crippen LogP contribution < -0.4 is 24.8 Å². The van der Waals surface area contributed by atoms with Gasteiger partial charge in [-0.2, -0.15) is 0 Å². The number of para-hydroxylation sites is 2. The van der Waals surface area contributed by atoms with E-state index in [0.29, 0.717) is 29.5 Å². The van der Waals surface area contributed by atoms with E-state index in [1.807, 2.05) is 30.3 Å². The number of hydrogen-bond acceptors (Lipinski definition) is 5. The van der Waals surface area contributed by atoms with Gasteiger partial charge in [-0.1, -0.05) is 42.5 Å². The van der Waals surface area contributed by atoms with Crippen molar-refractivity contribution in [3.63, 3.8) is 0 Å². The average Bonchev–Trinajstić information content (AvgIpc) is 2.78. The van der Waals surface area contributed by atoms with E-state index in [0.717, 1.165) is 5.56 Å². The number of amides is 3. The molecule has 0 aliphatic carbocycles. The molecule has 7 nitrogen and oxygen atoms in total. The van der Waals surface area contributed by atoms with Gasteiger partial charge in [0.2, 0.25) is 0 Å². The van der Waals surface area contributed by atoms with Crippen LogP contribution in [0.4, 0.5) is 10.5 Å². The van der Waals surface area contributed by atoms with Gasteiger partial charge in [-0.3, -0.25) is 10.1 Å². The highest BCUT2D eigenvalue weighted by Crippen LogP contribution is 2.25. The van der Waals surface area contributed by atoms with E-state index in [2.05, 4.69) is 10.6 Å². The van der Waals surface area contributed by atoms with Crippen molar-refractivity contribution >= 4 is 17.6 Å². The highest BCUT2D eigenvalue weighted by molar-refractivity contribution is 6.01. The first-order valence-corrected chi connectivity index (χ1v) is 9.27. The maximum Gasteiger partial charge on any atom is 0.325 e. The van der Waals surface area contributed by atoms with Crippen molar-refractivity contribution < 1.29 is 23.8 Å². The summed E-state index contributed by atoms with van der Waals surface area (Å²) in [4.78, 5) is 23.9. The third-order valence-electron chi connectivity index (χ3n) is 4.04. The zero-order valence-corrected chi connectivity index (χ0v) is 16.5. The van der Waals surface area contributed by atoms with Crippen molar-refractivity contribution in [3.8, 4) is 17.2 Å². The first-order chi connectivity index (χ1) is 14.6. The minimum absolute atomic E-state index is 0.319. The van der Waals surface area contributed by atoms with Crippen LogP contribution in [0.5, 0.6) is 17.2 Å². The number of rotatable bonds is 8. The molecule has 0 aliphatic heterocycles. The maximum absolute atomic E-state index is 12.0. The Hall–Kier alpha value is -4.00.